The summed E-state index contributed by atoms with van der Waals surface area (Å²) < 4.78 is 32.2. The van der Waals surface area contributed by atoms with Gasteiger partial charge in [0.25, 0.3) is 0 Å². The average Bonchev–Trinajstić information content (AvgIpc) is 2.64. The van der Waals surface area contributed by atoms with Crippen LogP contribution in [0.2, 0.25) is 0 Å². The van der Waals surface area contributed by atoms with E-state index in [4.69, 9.17) is 18.9 Å². The Morgan fingerprint density at radius 3 is 1.68 bits per heavy atom. The minimum atomic E-state index is -4.95. The van der Waals surface area contributed by atoms with Gasteiger partial charge in [0, 0.05) is 5.30 Å². The van der Waals surface area contributed by atoms with E-state index < -0.39 is 7.60 Å². The number of hydrogen-bond donors (Lipinski definition) is 0. The summed E-state index contributed by atoms with van der Waals surface area (Å²) in [5, 5.41) is -0.382. The standard InChI is InChI=1S/C18H21O7P.2Na/c1-22-14-8-7-12(11-17(14)26(19,20)21)5-6-13-9-15(23-2)18(25-4)16(10-13)24-3;;/h5-11H,1-4H3,(H2,19,20,21);;/q;2*+1/p-2/b6-5-;;. The summed E-state index contributed by atoms with van der Waals surface area (Å²) in [4.78, 5) is 22.8. The van der Waals surface area contributed by atoms with E-state index in [0.29, 0.717) is 22.8 Å². The molecular formula is C18H19Na2O7P. The molecule has 0 saturated heterocycles. The van der Waals surface area contributed by atoms with E-state index in [9.17, 15) is 14.4 Å². The maximum Gasteiger partial charge on any atom is 1.00 e. The molecule has 0 heterocycles. The van der Waals surface area contributed by atoms with Crippen molar-refractivity contribution in [2.45, 2.75) is 0 Å². The number of rotatable bonds is 7. The van der Waals surface area contributed by atoms with Crippen LogP contribution in [0.5, 0.6) is 23.0 Å². The average molecular weight is 424 g/mol. The molecule has 0 saturated carbocycles. The molecule has 0 amide bonds. The molecule has 0 N–H and O–H groups in total. The molecule has 7 nitrogen and oxygen atoms in total. The fraction of sp³-hybridized carbons (Fsp3) is 0.222. The van der Waals surface area contributed by atoms with Crippen molar-refractivity contribution >= 4 is 25.1 Å². The zero-order chi connectivity index (χ0) is 19.3. The molecule has 0 unspecified atom stereocenters. The number of ether oxygens (including phenoxy) is 4. The topological polar surface area (TPSA) is 100 Å². The van der Waals surface area contributed by atoms with Crippen molar-refractivity contribution in [3.8, 4) is 23.0 Å². The Hall–Kier alpha value is -0.470. The summed E-state index contributed by atoms with van der Waals surface area (Å²) >= 11 is 0. The molecule has 0 aliphatic heterocycles. The number of benzene rings is 2. The molecule has 0 spiro atoms. The first-order valence-corrected chi connectivity index (χ1v) is 9.07. The van der Waals surface area contributed by atoms with Crippen molar-refractivity contribution in [1.29, 1.82) is 0 Å². The van der Waals surface area contributed by atoms with Gasteiger partial charge in [-0.1, -0.05) is 18.2 Å². The van der Waals surface area contributed by atoms with Crippen LogP contribution in [0.4, 0.5) is 0 Å². The third-order valence-electron chi connectivity index (χ3n) is 3.65. The largest absolute Gasteiger partial charge is 1.00 e. The van der Waals surface area contributed by atoms with E-state index in [1.165, 1.54) is 40.6 Å². The fourth-order valence-corrected chi connectivity index (χ4v) is 3.16. The van der Waals surface area contributed by atoms with Crippen LogP contribution in [0.1, 0.15) is 11.1 Å². The molecule has 140 valence electrons. The first kappa shape index (κ1) is 27.5. The molecule has 10 heteroatoms. The second-order valence-electron chi connectivity index (χ2n) is 5.22. The molecule has 28 heavy (non-hydrogen) atoms. The van der Waals surface area contributed by atoms with Gasteiger partial charge in [0.15, 0.2) is 11.5 Å². The minimum Gasteiger partial charge on any atom is -0.807 e. The van der Waals surface area contributed by atoms with Gasteiger partial charge in [-0.05, 0) is 43.0 Å². The van der Waals surface area contributed by atoms with E-state index in [-0.39, 0.29) is 70.2 Å². The number of methoxy groups -OCH3 is 4. The first-order chi connectivity index (χ1) is 12.3. The van der Waals surface area contributed by atoms with E-state index in [1.54, 1.807) is 30.4 Å². The van der Waals surface area contributed by atoms with Gasteiger partial charge >= 0.3 is 59.1 Å². The van der Waals surface area contributed by atoms with E-state index in [2.05, 4.69) is 0 Å². The molecule has 2 rings (SSSR count). The Balaban J connectivity index is 0.00000364. The monoisotopic (exact) mass is 424 g/mol. The molecule has 0 aliphatic rings. The molecule has 0 atom stereocenters. The van der Waals surface area contributed by atoms with Crippen LogP contribution >= 0.6 is 7.60 Å². The predicted octanol–water partition coefficient (Wildman–Crippen LogP) is -4.56. The van der Waals surface area contributed by atoms with Gasteiger partial charge in [0.2, 0.25) is 5.75 Å². The van der Waals surface area contributed by atoms with Gasteiger partial charge in [-0.25, -0.2) is 0 Å². The quantitative estimate of drug-likeness (QED) is 0.251. The van der Waals surface area contributed by atoms with Crippen molar-refractivity contribution < 1.29 is 92.4 Å². The Kier molecular flexibility index (Phi) is 12.1. The molecule has 0 radical (unpaired) electrons. The van der Waals surface area contributed by atoms with E-state index >= 15 is 0 Å². The SMILES string of the molecule is COc1ccc(/C=C\c2cc(OC)c(OC)c(OC)c2)cc1P(=O)([O-])[O-].[Na+].[Na+]. The van der Waals surface area contributed by atoms with E-state index in [1.807, 2.05) is 0 Å². The van der Waals surface area contributed by atoms with Crippen LogP contribution in [0, 0.1) is 0 Å². The first-order valence-electron chi connectivity index (χ1n) is 7.52. The molecule has 0 aliphatic carbocycles. The molecule has 2 aromatic carbocycles. The van der Waals surface area contributed by atoms with Crippen LogP contribution in [-0.2, 0) is 4.57 Å². The predicted molar refractivity (Wildman–Crippen MR) is 95.3 cm³/mol. The van der Waals surface area contributed by atoms with Crippen molar-refractivity contribution in [2.24, 2.45) is 0 Å². The second-order valence-corrected chi connectivity index (χ2v) is 6.70. The summed E-state index contributed by atoms with van der Waals surface area (Å²) in [5.74, 6) is 1.47. The molecule has 0 fully saturated rings. The smallest absolute Gasteiger partial charge is 0.807 e. The van der Waals surface area contributed by atoms with Crippen LogP contribution in [0.25, 0.3) is 12.2 Å². The summed E-state index contributed by atoms with van der Waals surface area (Å²) in [6, 6.07) is 7.84. The van der Waals surface area contributed by atoms with Crippen molar-refractivity contribution in [2.75, 3.05) is 28.4 Å². The zero-order valence-electron chi connectivity index (χ0n) is 16.8. The van der Waals surface area contributed by atoms with Gasteiger partial charge in [0.1, 0.15) is 5.75 Å². The maximum absolute atomic E-state index is 11.4. The van der Waals surface area contributed by atoms with Gasteiger partial charge in [-0.3, -0.25) is 0 Å². The third-order valence-corrected chi connectivity index (χ3v) is 4.59. The summed E-state index contributed by atoms with van der Waals surface area (Å²) in [7, 11) is 0.901. The zero-order valence-corrected chi connectivity index (χ0v) is 21.7. The van der Waals surface area contributed by atoms with Crippen molar-refractivity contribution in [3.63, 3.8) is 0 Å². The van der Waals surface area contributed by atoms with Crippen molar-refractivity contribution in [1.82, 2.24) is 0 Å². The summed E-state index contributed by atoms with van der Waals surface area (Å²) in [6.45, 7) is 0. The van der Waals surface area contributed by atoms with Crippen LogP contribution < -0.4 is 93.2 Å². The summed E-state index contributed by atoms with van der Waals surface area (Å²) in [6.07, 6.45) is 3.40. The fourth-order valence-electron chi connectivity index (χ4n) is 2.41. The third kappa shape index (κ3) is 6.80. The molecule has 0 bridgehead atoms. The van der Waals surface area contributed by atoms with E-state index in [0.717, 1.165) is 5.56 Å². The van der Waals surface area contributed by atoms with Crippen LogP contribution in [-0.4, -0.2) is 28.4 Å². The molecule has 0 aromatic heterocycles. The Morgan fingerprint density at radius 2 is 1.25 bits per heavy atom. The van der Waals surface area contributed by atoms with Crippen molar-refractivity contribution in [3.05, 3.63) is 41.5 Å². The van der Waals surface area contributed by atoms with Crippen LogP contribution in [0.3, 0.4) is 0 Å². The number of hydrogen-bond acceptors (Lipinski definition) is 7. The maximum atomic E-state index is 11.4. The Labute approximate surface area is 208 Å². The Morgan fingerprint density at radius 1 is 0.750 bits per heavy atom. The Bertz CT molecular complexity index is 840. The van der Waals surface area contributed by atoms with Gasteiger partial charge in [-0.15, -0.1) is 0 Å². The second kappa shape index (κ2) is 12.3. The van der Waals surface area contributed by atoms with Gasteiger partial charge in [0.05, 0.1) is 28.4 Å². The van der Waals surface area contributed by atoms with Crippen LogP contribution in [0.15, 0.2) is 30.3 Å². The minimum absolute atomic E-state index is 0. The normalized spacial score (nSPS) is 10.6. The summed E-state index contributed by atoms with van der Waals surface area (Å²) in [5.41, 5.74) is 1.27. The van der Waals surface area contributed by atoms with Gasteiger partial charge in [-0.2, -0.15) is 0 Å². The molecule has 2 aromatic rings. The molecular weight excluding hydrogens is 405 g/mol. The van der Waals surface area contributed by atoms with Gasteiger partial charge < -0.3 is 33.3 Å².